The zero-order chi connectivity index (χ0) is 15.6. The van der Waals surface area contributed by atoms with Gasteiger partial charge in [0.1, 0.15) is 11.6 Å². The Bertz CT molecular complexity index is 526. The number of benzene rings is 1. The van der Waals surface area contributed by atoms with Crippen molar-refractivity contribution < 1.29 is 13.9 Å². The van der Waals surface area contributed by atoms with Crippen molar-refractivity contribution in [1.29, 1.82) is 0 Å². The van der Waals surface area contributed by atoms with E-state index in [-0.39, 0.29) is 23.8 Å². The summed E-state index contributed by atoms with van der Waals surface area (Å²) in [6.45, 7) is 4.36. The summed E-state index contributed by atoms with van der Waals surface area (Å²) < 4.78 is 19.2. The van der Waals surface area contributed by atoms with Crippen LogP contribution in [0.1, 0.15) is 26.7 Å². The molecule has 0 radical (unpaired) electrons. The number of hydrogen-bond donors (Lipinski definition) is 1. The Morgan fingerprint density at radius 3 is 2.90 bits per heavy atom. The van der Waals surface area contributed by atoms with E-state index in [4.69, 9.17) is 10.5 Å². The van der Waals surface area contributed by atoms with E-state index in [0.29, 0.717) is 16.8 Å². The van der Waals surface area contributed by atoms with Crippen molar-refractivity contribution in [2.24, 2.45) is 5.73 Å². The molecule has 0 saturated carbocycles. The zero-order valence-electron chi connectivity index (χ0n) is 12.2. The average Bonchev–Trinajstić information content (AvgIpc) is 2.41. The molecule has 1 aromatic rings. The molecule has 1 saturated heterocycles. The quantitative estimate of drug-likeness (QED) is 0.903. The molecule has 1 aliphatic rings. The van der Waals surface area contributed by atoms with E-state index in [1.807, 2.05) is 11.8 Å². The topological polar surface area (TPSA) is 55.6 Å². The molecule has 0 aromatic heterocycles. The molecule has 116 valence electrons. The molecule has 6 heteroatoms. The van der Waals surface area contributed by atoms with Gasteiger partial charge in [-0.2, -0.15) is 0 Å². The molecule has 1 amide bonds. The summed E-state index contributed by atoms with van der Waals surface area (Å²) in [5.74, 6) is 0.0380. The second-order valence-corrected chi connectivity index (χ2v) is 6.35. The third-order valence-corrected chi connectivity index (χ3v) is 4.36. The zero-order valence-corrected chi connectivity index (χ0v) is 13.8. The number of amides is 1. The highest BCUT2D eigenvalue weighted by atomic mass is 79.9. The van der Waals surface area contributed by atoms with Crippen molar-refractivity contribution in [3.05, 3.63) is 28.5 Å². The molecular weight excluding hydrogens is 339 g/mol. The van der Waals surface area contributed by atoms with Crippen LogP contribution in [0.5, 0.6) is 5.75 Å². The van der Waals surface area contributed by atoms with Gasteiger partial charge in [0.2, 0.25) is 0 Å². The molecule has 1 fully saturated rings. The minimum absolute atomic E-state index is 0.0642. The van der Waals surface area contributed by atoms with Crippen LogP contribution in [0.25, 0.3) is 0 Å². The molecule has 0 aliphatic carbocycles. The maximum absolute atomic E-state index is 13.0. The van der Waals surface area contributed by atoms with Crippen molar-refractivity contribution in [1.82, 2.24) is 4.90 Å². The van der Waals surface area contributed by atoms with Crippen LogP contribution in [0, 0.1) is 5.82 Å². The van der Waals surface area contributed by atoms with Crippen LogP contribution in [-0.4, -0.2) is 35.5 Å². The predicted octanol–water partition coefficient (Wildman–Crippen LogP) is 2.69. The highest BCUT2D eigenvalue weighted by Gasteiger charge is 2.30. The maximum atomic E-state index is 13.0. The Morgan fingerprint density at radius 1 is 1.57 bits per heavy atom. The first-order valence-corrected chi connectivity index (χ1v) is 7.85. The lowest BCUT2D eigenvalue weighted by Crippen LogP contribution is -2.51. The molecule has 21 heavy (non-hydrogen) atoms. The summed E-state index contributed by atoms with van der Waals surface area (Å²) in [6, 6.07) is 4.41. The van der Waals surface area contributed by atoms with E-state index in [1.165, 1.54) is 18.2 Å². The van der Waals surface area contributed by atoms with Crippen molar-refractivity contribution in [3.8, 4) is 5.75 Å². The van der Waals surface area contributed by atoms with Crippen LogP contribution in [-0.2, 0) is 4.79 Å². The minimum Gasteiger partial charge on any atom is -0.480 e. The van der Waals surface area contributed by atoms with Crippen LogP contribution in [0.2, 0.25) is 0 Å². The smallest absolute Gasteiger partial charge is 0.263 e. The molecular formula is C15H20BrFN2O2. The molecule has 1 aromatic carbocycles. The van der Waals surface area contributed by atoms with Gasteiger partial charge in [0, 0.05) is 18.6 Å². The number of piperidine rings is 1. The van der Waals surface area contributed by atoms with Crippen LogP contribution >= 0.6 is 15.9 Å². The number of carbonyl (C=O) groups excluding carboxylic acids is 1. The molecule has 2 rings (SSSR count). The number of nitrogens with zero attached hydrogens (tertiary/aromatic N) is 1. The fraction of sp³-hybridized carbons (Fsp3) is 0.533. The van der Waals surface area contributed by atoms with Gasteiger partial charge in [0.15, 0.2) is 6.10 Å². The number of carbonyl (C=O) groups is 1. The minimum atomic E-state index is -0.622. The van der Waals surface area contributed by atoms with Gasteiger partial charge < -0.3 is 15.4 Å². The van der Waals surface area contributed by atoms with E-state index in [0.717, 1.165) is 12.8 Å². The Hall–Kier alpha value is -1.14. The first-order valence-electron chi connectivity index (χ1n) is 7.06. The van der Waals surface area contributed by atoms with Crippen LogP contribution < -0.4 is 10.5 Å². The summed E-state index contributed by atoms with van der Waals surface area (Å²) in [5, 5.41) is 0. The van der Waals surface area contributed by atoms with Crippen molar-refractivity contribution >= 4 is 21.8 Å². The first-order chi connectivity index (χ1) is 9.88. The standard InChI is InChI=1S/C15H20BrFN2O2/c1-9-7-12(18)5-6-19(9)15(20)10(2)21-14-4-3-11(17)8-13(14)16/h3-4,8-10,12H,5-7,18H2,1-2H3. The van der Waals surface area contributed by atoms with Crippen LogP contribution in [0.15, 0.2) is 22.7 Å². The van der Waals surface area contributed by atoms with Crippen molar-refractivity contribution in [3.63, 3.8) is 0 Å². The first kappa shape index (κ1) is 16.2. The molecule has 1 aliphatic heterocycles. The number of hydrogen-bond acceptors (Lipinski definition) is 3. The molecule has 0 bridgehead atoms. The van der Waals surface area contributed by atoms with E-state index < -0.39 is 6.10 Å². The lowest BCUT2D eigenvalue weighted by atomic mass is 9.98. The van der Waals surface area contributed by atoms with Crippen molar-refractivity contribution in [2.75, 3.05) is 6.54 Å². The molecule has 3 unspecified atom stereocenters. The van der Waals surface area contributed by atoms with E-state index >= 15 is 0 Å². The molecule has 1 heterocycles. The van der Waals surface area contributed by atoms with Gasteiger partial charge in [-0.15, -0.1) is 0 Å². The Morgan fingerprint density at radius 2 is 2.29 bits per heavy atom. The van der Waals surface area contributed by atoms with Gasteiger partial charge >= 0.3 is 0 Å². The Balaban J connectivity index is 2.02. The van der Waals surface area contributed by atoms with Crippen LogP contribution in [0.3, 0.4) is 0 Å². The van der Waals surface area contributed by atoms with Gasteiger partial charge in [-0.05, 0) is 60.8 Å². The van der Waals surface area contributed by atoms with Gasteiger partial charge in [-0.25, -0.2) is 4.39 Å². The molecule has 2 N–H and O–H groups in total. The second-order valence-electron chi connectivity index (χ2n) is 5.50. The van der Waals surface area contributed by atoms with E-state index in [9.17, 15) is 9.18 Å². The van der Waals surface area contributed by atoms with Gasteiger partial charge in [0.05, 0.1) is 4.47 Å². The molecule has 3 atom stereocenters. The highest BCUT2D eigenvalue weighted by molar-refractivity contribution is 9.10. The Labute approximate surface area is 132 Å². The summed E-state index contributed by atoms with van der Waals surface area (Å²) in [7, 11) is 0. The largest absolute Gasteiger partial charge is 0.480 e. The lowest BCUT2D eigenvalue weighted by Gasteiger charge is -2.37. The summed E-state index contributed by atoms with van der Waals surface area (Å²) in [4.78, 5) is 14.3. The van der Waals surface area contributed by atoms with Crippen molar-refractivity contribution in [2.45, 2.75) is 44.9 Å². The summed E-state index contributed by atoms with van der Waals surface area (Å²) in [5.41, 5.74) is 5.91. The maximum Gasteiger partial charge on any atom is 0.263 e. The molecule has 0 spiro atoms. The lowest BCUT2D eigenvalue weighted by molar-refractivity contribution is -0.141. The summed E-state index contributed by atoms with van der Waals surface area (Å²) >= 11 is 3.23. The average molecular weight is 359 g/mol. The van der Waals surface area contributed by atoms with E-state index in [2.05, 4.69) is 15.9 Å². The number of nitrogens with two attached hydrogens (primary N) is 1. The molecule has 4 nitrogen and oxygen atoms in total. The fourth-order valence-electron chi connectivity index (χ4n) is 2.58. The van der Waals surface area contributed by atoms with Gasteiger partial charge in [-0.3, -0.25) is 4.79 Å². The van der Waals surface area contributed by atoms with E-state index in [1.54, 1.807) is 6.92 Å². The van der Waals surface area contributed by atoms with Gasteiger partial charge in [-0.1, -0.05) is 0 Å². The number of rotatable bonds is 3. The fourth-order valence-corrected chi connectivity index (χ4v) is 3.03. The Kier molecular flexibility index (Phi) is 5.22. The number of ether oxygens (including phenoxy) is 1. The number of halogens is 2. The SMILES string of the molecule is CC(Oc1ccc(F)cc1Br)C(=O)N1CCC(N)CC1C. The van der Waals surface area contributed by atoms with Crippen LogP contribution in [0.4, 0.5) is 4.39 Å². The van der Waals surface area contributed by atoms with Gasteiger partial charge in [0.25, 0.3) is 5.91 Å². The third-order valence-electron chi connectivity index (χ3n) is 3.75. The summed E-state index contributed by atoms with van der Waals surface area (Å²) in [6.07, 6.45) is 0.991. The highest BCUT2D eigenvalue weighted by Crippen LogP contribution is 2.27. The number of likely N-dealkylation sites (tertiary alicyclic amines) is 1. The normalized spacial score (nSPS) is 23.8. The monoisotopic (exact) mass is 358 g/mol. The second kappa shape index (κ2) is 6.75. The third kappa shape index (κ3) is 3.95. The predicted molar refractivity (Wildman–Crippen MR) is 82.6 cm³/mol.